The quantitative estimate of drug-likeness (QED) is 0.733. The fourth-order valence-electron chi connectivity index (χ4n) is 3.87. The van der Waals surface area contributed by atoms with Gasteiger partial charge >= 0.3 is 0 Å². The van der Waals surface area contributed by atoms with Crippen LogP contribution in [0.5, 0.6) is 0 Å². The number of fused-ring (bicyclic) bond motifs is 1. The first-order valence-corrected chi connectivity index (χ1v) is 12.4. The monoisotopic (exact) mass is 436 g/mol. The van der Waals surface area contributed by atoms with E-state index in [1.807, 2.05) is 13.8 Å². The molecule has 2 aromatic rings. The van der Waals surface area contributed by atoms with Crippen LogP contribution in [0.3, 0.4) is 0 Å². The van der Waals surface area contributed by atoms with Crippen molar-refractivity contribution < 1.29 is 21.6 Å². The highest BCUT2D eigenvalue weighted by Gasteiger charge is 2.37. The Kier molecular flexibility index (Phi) is 5.18. The largest absolute Gasteiger partial charge is 0.379 e. The number of nitrogens with zero attached hydrogens (tertiary/aromatic N) is 2. The van der Waals surface area contributed by atoms with Crippen LogP contribution in [-0.4, -0.2) is 53.5 Å². The highest BCUT2D eigenvalue weighted by Crippen LogP contribution is 2.38. The molecule has 0 aliphatic carbocycles. The zero-order valence-electron chi connectivity index (χ0n) is 16.4. The molecule has 0 N–H and O–H groups in total. The minimum absolute atomic E-state index is 0.194. The molecule has 7 nitrogen and oxygen atoms in total. The van der Waals surface area contributed by atoms with Crippen molar-refractivity contribution in [3.8, 4) is 0 Å². The maximum Gasteiger partial charge on any atom is 0.264 e. The smallest absolute Gasteiger partial charge is 0.264 e. The van der Waals surface area contributed by atoms with Gasteiger partial charge in [0.05, 0.1) is 28.7 Å². The Morgan fingerprint density at radius 3 is 2.17 bits per heavy atom. The molecule has 1 atom stereocenters. The predicted molar refractivity (Wildman–Crippen MR) is 110 cm³/mol. The number of aryl methyl sites for hydroxylation is 1. The van der Waals surface area contributed by atoms with E-state index in [-0.39, 0.29) is 15.8 Å². The second-order valence-electron chi connectivity index (χ2n) is 7.47. The molecule has 0 spiro atoms. The lowest BCUT2D eigenvalue weighted by atomic mass is 10.1. The highest BCUT2D eigenvalue weighted by atomic mass is 32.2. The van der Waals surface area contributed by atoms with Crippen molar-refractivity contribution in [3.63, 3.8) is 0 Å². The van der Waals surface area contributed by atoms with Crippen molar-refractivity contribution in [2.24, 2.45) is 0 Å². The fourth-order valence-corrected chi connectivity index (χ4v) is 7.02. The van der Waals surface area contributed by atoms with E-state index in [9.17, 15) is 16.8 Å². The summed E-state index contributed by atoms with van der Waals surface area (Å²) in [6.07, 6.45) is 0.465. The molecule has 2 heterocycles. The second kappa shape index (κ2) is 7.39. The van der Waals surface area contributed by atoms with Gasteiger partial charge in [0, 0.05) is 19.1 Å². The van der Waals surface area contributed by atoms with Crippen LogP contribution in [0.4, 0.5) is 5.69 Å². The van der Waals surface area contributed by atoms with Gasteiger partial charge in [0.25, 0.3) is 10.0 Å². The third-order valence-corrected chi connectivity index (χ3v) is 9.23. The van der Waals surface area contributed by atoms with E-state index >= 15 is 0 Å². The summed E-state index contributed by atoms with van der Waals surface area (Å²) in [6.45, 7) is 5.14. The summed E-state index contributed by atoms with van der Waals surface area (Å²) in [5.41, 5.74) is 2.25. The lowest BCUT2D eigenvalue weighted by Crippen LogP contribution is -2.40. The Labute approximate surface area is 172 Å². The van der Waals surface area contributed by atoms with Crippen LogP contribution in [0, 0.1) is 6.92 Å². The topological polar surface area (TPSA) is 84.0 Å². The van der Waals surface area contributed by atoms with Crippen molar-refractivity contribution in [1.82, 2.24) is 4.31 Å². The van der Waals surface area contributed by atoms with E-state index in [1.165, 1.54) is 14.7 Å². The third-order valence-electron chi connectivity index (χ3n) is 5.39. The molecule has 0 saturated carbocycles. The SMILES string of the molecule is Cc1ccc(S(=O)(=O)N2c3ccc(S(=O)(=O)N4CCOCC4)cc3C[C@H]2C)cc1. The molecule has 9 heteroatoms. The number of sulfonamides is 2. The molecule has 4 rings (SSSR count). The van der Waals surface area contributed by atoms with Crippen LogP contribution in [0.15, 0.2) is 52.3 Å². The van der Waals surface area contributed by atoms with Crippen LogP contribution < -0.4 is 4.31 Å². The Morgan fingerprint density at radius 1 is 0.897 bits per heavy atom. The summed E-state index contributed by atoms with van der Waals surface area (Å²) in [4.78, 5) is 0.424. The van der Waals surface area contributed by atoms with Gasteiger partial charge in [-0.1, -0.05) is 17.7 Å². The third kappa shape index (κ3) is 3.56. The number of rotatable bonds is 4. The summed E-state index contributed by atoms with van der Waals surface area (Å²) in [5, 5.41) is 0. The van der Waals surface area contributed by atoms with Gasteiger partial charge < -0.3 is 4.74 Å². The minimum atomic E-state index is -3.73. The van der Waals surface area contributed by atoms with Crippen molar-refractivity contribution in [2.75, 3.05) is 30.6 Å². The maximum atomic E-state index is 13.2. The Bertz CT molecular complexity index is 1120. The summed E-state index contributed by atoms with van der Waals surface area (Å²) in [6, 6.07) is 11.2. The maximum absolute atomic E-state index is 13.2. The Morgan fingerprint density at radius 2 is 1.52 bits per heavy atom. The molecule has 0 radical (unpaired) electrons. The molecule has 0 unspecified atom stereocenters. The van der Waals surface area contributed by atoms with Gasteiger partial charge in [-0.2, -0.15) is 4.31 Å². The van der Waals surface area contributed by atoms with Gasteiger partial charge in [0.1, 0.15) is 0 Å². The summed E-state index contributed by atoms with van der Waals surface area (Å²) >= 11 is 0. The van der Waals surface area contributed by atoms with E-state index in [0.717, 1.165) is 11.1 Å². The molecule has 0 bridgehead atoms. The average Bonchev–Trinajstić information content (AvgIpc) is 3.04. The highest BCUT2D eigenvalue weighted by molar-refractivity contribution is 7.93. The molecular formula is C20H24N2O5S2. The second-order valence-corrected chi connectivity index (χ2v) is 11.2. The molecule has 0 aromatic heterocycles. The molecule has 1 saturated heterocycles. The number of benzene rings is 2. The zero-order valence-corrected chi connectivity index (χ0v) is 18.0. The fraction of sp³-hybridized carbons (Fsp3) is 0.400. The Balaban J connectivity index is 1.70. The van der Waals surface area contributed by atoms with Crippen LogP contribution in [-0.2, 0) is 31.2 Å². The molecule has 29 heavy (non-hydrogen) atoms. The first-order chi connectivity index (χ1) is 13.7. The molecule has 1 fully saturated rings. The number of anilines is 1. The minimum Gasteiger partial charge on any atom is -0.379 e. The van der Waals surface area contributed by atoms with Gasteiger partial charge in [-0.25, -0.2) is 16.8 Å². The molecule has 0 amide bonds. The first kappa shape index (κ1) is 20.3. The summed E-state index contributed by atoms with van der Waals surface area (Å²) in [5.74, 6) is 0. The number of morpholine rings is 1. The predicted octanol–water partition coefficient (Wildman–Crippen LogP) is 2.16. The number of ether oxygens (including phenoxy) is 1. The number of hydrogen-bond donors (Lipinski definition) is 0. The van der Waals surface area contributed by atoms with Crippen LogP contribution in [0.2, 0.25) is 0 Å². The van der Waals surface area contributed by atoms with Crippen LogP contribution >= 0.6 is 0 Å². The molecular weight excluding hydrogens is 412 g/mol. The lowest BCUT2D eigenvalue weighted by Gasteiger charge is -2.26. The van der Waals surface area contributed by atoms with Crippen molar-refractivity contribution >= 4 is 25.7 Å². The summed E-state index contributed by atoms with van der Waals surface area (Å²) < 4.78 is 60.4. The van der Waals surface area contributed by atoms with E-state index in [4.69, 9.17) is 4.74 Å². The lowest BCUT2D eigenvalue weighted by molar-refractivity contribution is 0.0730. The van der Waals surface area contributed by atoms with Crippen molar-refractivity contribution in [1.29, 1.82) is 0 Å². The van der Waals surface area contributed by atoms with Gasteiger partial charge in [0.15, 0.2) is 0 Å². The van der Waals surface area contributed by atoms with E-state index < -0.39 is 20.0 Å². The summed E-state index contributed by atoms with van der Waals surface area (Å²) in [7, 11) is -7.36. The van der Waals surface area contributed by atoms with E-state index in [1.54, 1.807) is 36.4 Å². The standard InChI is InChI=1S/C20H24N2O5S2/c1-15-3-5-18(6-4-15)29(25,26)22-16(2)13-17-14-19(7-8-20(17)22)28(23,24)21-9-11-27-12-10-21/h3-8,14,16H,9-13H2,1-2H3/t16-/m1/s1. The Hall–Kier alpha value is -1.94. The van der Waals surface area contributed by atoms with Crippen molar-refractivity contribution in [2.45, 2.75) is 36.1 Å². The van der Waals surface area contributed by atoms with Gasteiger partial charge in [0.2, 0.25) is 10.0 Å². The average molecular weight is 437 g/mol. The van der Waals surface area contributed by atoms with Crippen molar-refractivity contribution in [3.05, 3.63) is 53.6 Å². The molecule has 2 aliphatic heterocycles. The zero-order chi connectivity index (χ0) is 20.8. The van der Waals surface area contributed by atoms with Gasteiger partial charge in [-0.3, -0.25) is 4.31 Å². The van der Waals surface area contributed by atoms with Crippen LogP contribution in [0.1, 0.15) is 18.1 Å². The van der Waals surface area contributed by atoms with E-state index in [2.05, 4.69) is 0 Å². The normalized spacial score (nSPS) is 20.6. The molecule has 156 valence electrons. The van der Waals surface area contributed by atoms with Gasteiger partial charge in [-0.05, 0) is 56.2 Å². The number of hydrogen-bond acceptors (Lipinski definition) is 5. The molecule has 2 aromatic carbocycles. The van der Waals surface area contributed by atoms with E-state index in [0.29, 0.717) is 38.4 Å². The molecule has 2 aliphatic rings. The first-order valence-electron chi connectivity index (χ1n) is 9.53. The van der Waals surface area contributed by atoms with Gasteiger partial charge in [-0.15, -0.1) is 0 Å². The van der Waals surface area contributed by atoms with Crippen LogP contribution in [0.25, 0.3) is 0 Å².